The van der Waals surface area contributed by atoms with Gasteiger partial charge in [0.15, 0.2) is 0 Å². The minimum atomic E-state index is -4.51. The van der Waals surface area contributed by atoms with E-state index in [9.17, 15) is 28.6 Å². The number of nitrogens with one attached hydrogen (secondary N) is 3. The highest BCUT2D eigenvalue weighted by Gasteiger charge is 2.37. The van der Waals surface area contributed by atoms with Gasteiger partial charge in [-0.1, -0.05) is 120 Å². The quantitative estimate of drug-likeness (QED) is 0.0865. The van der Waals surface area contributed by atoms with Crippen LogP contribution < -0.4 is 21.7 Å². The van der Waals surface area contributed by atoms with Crippen LogP contribution in [0.3, 0.4) is 0 Å². The average molecular weight is 760 g/mol. The van der Waals surface area contributed by atoms with Crippen molar-refractivity contribution in [3.63, 3.8) is 0 Å². The molecule has 4 atom stereocenters. The molecule has 10 nitrogen and oxygen atoms in total. The Balaban J connectivity index is 1.38. The Morgan fingerprint density at radius 3 is 1.94 bits per heavy atom. The highest BCUT2D eigenvalue weighted by Crippen LogP contribution is 2.46. The second-order valence-corrected chi connectivity index (χ2v) is 15.7. The third kappa shape index (κ3) is 10.5. The van der Waals surface area contributed by atoms with Crippen molar-refractivity contribution >= 4 is 65.0 Å². The fraction of sp³-hybridized carbons (Fsp3) is 0.179. The number of benzene rings is 5. The zero-order valence-electron chi connectivity index (χ0n) is 27.9. The van der Waals surface area contributed by atoms with E-state index in [4.69, 9.17) is 28.9 Å². The van der Waals surface area contributed by atoms with E-state index in [-0.39, 0.29) is 29.8 Å². The molecule has 0 aliphatic carbocycles. The lowest BCUT2D eigenvalue weighted by atomic mass is 10.00. The molecular formula is C39H37Cl2N4O6P. The molecule has 268 valence electrons. The molecule has 0 saturated heterocycles. The van der Waals surface area contributed by atoms with Crippen LogP contribution in [0.5, 0.6) is 0 Å². The fourth-order valence-electron chi connectivity index (χ4n) is 5.72. The van der Waals surface area contributed by atoms with E-state index in [0.717, 1.165) is 10.8 Å². The zero-order chi connectivity index (χ0) is 37.3. The van der Waals surface area contributed by atoms with Crippen LogP contribution in [-0.2, 0) is 38.2 Å². The number of halogens is 2. The Hall–Kier alpha value is -4.99. The molecule has 4 amide bonds. The fourth-order valence-corrected chi connectivity index (χ4v) is 7.61. The second kappa shape index (κ2) is 17.5. The van der Waals surface area contributed by atoms with Gasteiger partial charge in [-0.15, -0.1) is 0 Å². The van der Waals surface area contributed by atoms with Crippen molar-refractivity contribution in [3.8, 4) is 0 Å². The normalized spacial score (nSPS) is 14.0. The highest BCUT2D eigenvalue weighted by atomic mass is 35.5. The predicted octanol–water partition coefficient (Wildman–Crippen LogP) is 5.66. The van der Waals surface area contributed by atoms with Gasteiger partial charge >= 0.3 is 0 Å². The first kappa shape index (κ1) is 38.2. The molecule has 0 heterocycles. The van der Waals surface area contributed by atoms with E-state index in [1.54, 1.807) is 66.7 Å². The number of carbonyl (C=O) groups excluding carboxylic acids is 4. The summed E-state index contributed by atoms with van der Waals surface area (Å²) in [6.07, 6.45) is -0.933. The molecule has 5 aromatic rings. The van der Waals surface area contributed by atoms with Crippen LogP contribution in [-0.4, -0.2) is 52.6 Å². The molecule has 0 aliphatic heterocycles. The first-order chi connectivity index (χ1) is 24.9. The van der Waals surface area contributed by atoms with Crippen LogP contribution in [0.1, 0.15) is 27.0 Å². The van der Waals surface area contributed by atoms with E-state index in [0.29, 0.717) is 21.7 Å². The molecule has 0 bridgehead atoms. The highest BCUT2D eigenvalue weighted by molar-refractivity contribution is 7.59. The number of fused-ring (bicyclic) bond motifs is 1. The molecule has 0 fully saturated rings. The van der Waals surface area contributed by atoms with E-state index < -0.39 is 55.0 Å². The summed E-state index contributed by atoms with van der Waals surface area (Å²) in [5.74, 6) is -4.49. The lowest BCUT2D eigenvalue weighted by Crippen LogP contribution is -2.54. The molecule has 52 heavy (non-hydrogen) atoms. The molecule has 0 radical (unpaired) electrons. The van der Waals surface area contributed by atoms with Crippen molar-refractivity contribution in [2.75, 3.05) is 6.16 Å². The van der Waals surface area contributed by atoms with Crippen molar-refractivity contribution in [1.82, 2.24) is 16.0 Å². The summed E-state index contributed by atoms with van der Waals surface area (Å²) in [7, 11) is -4.51. The van der Waals surface area contributed by atoms with Crippen molar-refractivity contribution in [2.24, 2.45) is 5.73 Å². The van der Waals surface area contributed by atoms with Crippen LogP contribution >= 0.6 is 30.6 Å². The summed E-state index contributed by atoms with van der Waals surface area (Å²) in [6, 6.07) is 32.5. The smallest absolute Gasteiger partial charge is 0.253 e. The lowest BCUT2D eigenvalue weighted by Gasteiger charge is -2.26. The van der Waals surface area contributed by atoms with Crippen molar-refractivity contribution in [1.29, 1.82) is 0 Å². The molecule has 13 heteroatoms. The summed E-state index contributed by atoms with van der Waals surface area (Å²) in [4.78, 5) is 64.6. The van der Waals surface area contributed by atoms with Gasteiger partial charge in [-0.05, 0) is 51.7 Å². The number of hydrogen-bond acceptors (Lipinski definition) is 5. The molecule has 5 aromatic carbocycles. The molecule has 6 N–H and O–H groups in total. The molecule has 0 aliphatic rings. The van der Waals surface area contributed by atoms with Gasteiger partial charge in [-0.3, -0.25) is 23.7 Å². The summed E-state index contributed by atoms with van der Waals surface area (Å²) >= 11 is 12.2. The van der Waals surface area contributed by atoms with Gasteiger partial charge in [0.25, 0.3) is 5.91 Å². The number of rotatable bonds is 15. The third-order valence-corrected chi connectivity index (χ3v) is 11.1. The first-order valence-electron chi connectivity index (χ1n) is 16.4. The van der Waals surface area contributed by atoms with E-state index in [1.165, 1.54) is 12.1 Å². The summed E-state index contributed by atoms with van der Waals surface area (Å²) in [5, 5.41) is 10.4. The van der Waals surface area contributed by atoms with Crippen LogP contribution in [0.15, 0.2) is 121 Å². The largest absolute Gasteiger partial charge is 0.368 e. The van der Waals surface area contributed by atoms with Gasteiger partial charge in [0.05, 0.1) is 10.6 Å². The summed E-state index contributed by atoms with van der Waals surface area (Å²) in [6.45, 7) is 0. The molecule has 5 rings (SSSR count). The molecule has 2 unspecified atom stereocenters. The average Bonchev–Trinajstić information content (AvgIpc) is 3.12. The SMILES string of the molecule is NC(=O)[C@H](Cc1ccc(Cl)cc1)NC(=O)[C@H](Cc1ccc2ccccc2c1)NC(=O)CP(=O)(O)C(Cc1ccccc1)NC(=O)c1ccccc1Cl. The summed E-state index contributed by atoms with van der Waals surface area (Å²) in [5.41, 5.74) is 7.79. The van der Waals surface area contributed by atoms with Crippen molar-refractivity contribution < 1.29 is 28.6 Å². The third-order valence-electron chi connectivity index (χ3n) is 8.46. The minimum Gasteiger partial charge on any atom is -0.368 e. The van der Waals surface area contributed by atoms with E-state index in [2.05, 4.69) is 16.0 Å². The number of carbonyl (C=O) groups is 4. The van der Waals surface area contributed by atoms with Crippen LogP contribution in [0, 0.1) is 0 Å². The van der Waals surface area contributed by atoms with Gasteiger partial charge in [0.2, 0.25) is 25.1 Å². The Morgan fingerprint density at radius 1 is 0.654 bits per heavy atom. The minimum absolute atomic E-state index is 0.0126. The standard InChI is InChI=1S/C39H37Cl2N4O6P/c40-30-18-15-26(16-19-30)21-33(37(42)47)44-39(49)34(22-27-14-17-28-10-4-5-11-29(28)20-27)43-35(46)24-52(50,51)36(23-25-8-2-1-3-9-25)45-38(48)31-12-6-7-13-32(31)41/h1-20,33-34,36H,21-24H2,(H2,42,47)(H,43,46)(H,44,49)(H,45,48)(H,50,51)/t33-,34-,36?/m0/s1. The predicted molar refractivity (Wildman–Crippen MR) is 203 cm³/mol. The molecule has 0 spiro atoms. The maximum absolute atomic E-state index is 14.0. The van der Waals surface area contributed by atoms with Gasteiger partial charge in [-0.2, -0.15) is 0 Å². The number of nitrogens with two attached hydrogens (primary N) is 1. The second-order valence-electron chi connectivity index (χ2n) is 12.4. The van der Waals surface area contributed by atoms with Crippen molar-refractivity contribution in [3.05, 3.63) is 154 Å². The molecule has 0 saturated carbocycles. The topological polar surface area (TPSA) is 168 Å². The molecule has 0 aromatic heterocycles. The van der Waals surface area contributed by atoms with Crippen LogP contribution in [0.25, 0.3) is 10.8 Å². The van der Waals surface area contributed by atoms with E-state index in [1.807, 2.05) is 42.5 Å². The number of hydrogen-bond donors (Lipinski definition) is 5. The number of amides is 4. The van der Waals surface area contributed by atoms with E-state index >= 15 is 0 Å². The maximum Gasteiger partial charge on any atom is 0.253 e. The Kier molecular flexibility index (Phi) is 12.9. The van der Waals surface area contributed by atoms with Gasteiger partial charge < -0.3 is 26.6 Å². The molecular weight excluding hydrogens is 722 g/mol. The van der Waals surface area contributed by atoms with Crippen LogP contribution in [0.4, 0.5) is 0 Å². The zero-order valence-corrected chi connectivity index (χ0v) is 30.3. The lowest BCUT2D eigenvalue weighted by molar-refractivity contribution is -0.130. The Labute approximate surface area is 311 Å². The van der Waals surface area contributed by atoms with Crippen LogP contribution in [0.2, 0.25) is 10.0 Å². The van der Waals surface area contributed by atoms with Crippen molar-refractivity contribution in [2.45, 2.75) is 37.1 Å². The monoisotopic (exact) mass is 758 g/mol. The Bertz CT molecular complexity index is 2120. The maximum atomic E-state index is 14.0. The Morgan fingerprint density at radius 2 is 1.25 bits per heavy atom. The van der Waals surface area contributed by atoms with Gasteiger partial charge in [-0.25, -0.2) is 0 Å². The summed E-state index contributed by atoms with van der Waals surface area (Å²) < 4.78 is 14.0. The van der Waals surface area contributed by atoms with Gasteiger partial charge in [0.1, 0.15) is 24.0 Å². The van der Waals surface area contributed by atoms with Gasteiger partial charge in [0, 0.05) is 24.3 Å². The number of primary amides is 1. The first-order valence-corrected chi connectivity index (χ1v) is 19.1.